The van der Waals surface area contributed by atoms with Gasteiger partial charge in [-0.15, -0.1) is 0 Å². The molecule has 0 radical (unpaired) electrons. The van der Waals surface area contributed by atoms with Gasteiger partial charge in [-0.25, -0.2) is 0 Å². The van der Waals surface area contributed by atoms with Crippen LogP contribution < -0.4 is 5.32 Å². The molecule has 1 amide bonds. The number of carbonyl (C=O) groups is 1. The molecule has 1 aromatic rings. The number of hydrogen-bond donors (Lipinski definition) is 1. The van der Waals surface area contributed by atoms with Crippen LogP contribution in [0.4, 0.5) is 0 Å². The van der Waals surface area contributed by atoms with Crippen LogP contribution in [0.3, 0.4) is 0 Å². The van der Waals surface area contributed by atoms with Gasteiger partial charge in [-0.2, -0.15) is 0 Å². The van der Waals surface area contributed by atoms with Crippen molar-refractivity contribution in [2.45, 2.75) is 19.8 Å². The van der Waals surface area contributed by atoms with Crippen LogP contribution in [0.25, 0.3) is 0 Å². The molecule has 0 aromatic heterocycles. The van der Waals surface area contributed by atoms with Crippen LogP contribution in [0.5, 0.6) is 0 Å². The molecule has 0 saturated carbocycles. The van der Waals surface area contributed by atoms with Crippen LogP contribution in [0.2, 0.25) is 5.02 Å². The fourth-order valence-corrected chi connectivity index (χ4v) is 2.19. The summed E-state index contributed by atoms with van der Waals surface area (Å²) in [5.41, 5.74) is 0.844. The maximum atomic E-state index is 11.6. The van der Waals surface area contributed by atoms with Gasteiger partial charge in [0.1, 0.15) is 0 Å². The van der Waals surface area contributed by atoms with Crippen LogP contribution in [0, 0.1) is 5.41 Å². The second-order valence-corrected chi connectivity index (χ2v) is 4.97. The summed E-state index contributed by atoms with van der Waals surface area (Å²) in [7, 11) is 0. The first-order valence-electron chi connectivity index (χ1n) is 5.05. The lowest BCUT2D eigenvalue weighted by molar-refractivity contribution is -0.126. The van der Waals surface area contributed by atoms with Crippen LogP contribution in [-0.4, -0.2) is 12.5 Å². The fourth-order valence-electron chi connectivity index (χ4n) is 2.07. The lowest BCUT2D eigenvalue weighted by Crippen LogP contribution is -2.27. The molecule has 2 nitrogen and oxygen atoms in total. The van der Waals surface area contributed by atoms with Crippen LogP contribution in [0.1, 0.15) is 25.3 Å². The molecule has 80 valence electrons. The predicted octanol–water partition coefficient (Wildman–Crippen LogP) is 2.58. The van der Waals surface area contributed by atoms with Crippen molar-refractivity contribution in [1.82, 2.24) is 5.32 Å². The third-order valence-electron chi connectivity index (χ3n) is 3.20. The number of halogens is 1. The Morgan fingerprint density at radius 2 is 1.93 bits per heavy atom. The first-order chi connectivity index (χ1) is 7.01. The smallest absolute Gasteiger partial charge is 0.226 e. The summed E-state index contributed by atoms with van der Waals surface area (Å²) in [6.07, 6.45) is 0. The Morgan fingerprint density at radius 1 is 1.33 bits per heavy atom. The lowest BCUT2D eigenvalue weighted by Gasteiger charge is -2.23. The van der Waals surface area contributed by atoms with Crippen molar-refractivity contribution in [3.05, 3.63) is 34.9 Å². The molecule has 1 saturated heterocycles. The van der Waals surface area contributed by atoms with Crippen molar-refractivity contribution in [2.24, 2.45) is 5.41 Å². The van der Waals surface area contributed by atoms with Gasteiger partial charge in [-0.3, -0.25) is 4.79 Å². The van der Waals surface area contributed by atoms with E-state index in [0.717, 1.165) is 5.02 Å². The van der Waals surface area contributed by atoms with E-state index in [1.807, 2.05) is 38.1 Å². The molecule has 1 unspecified atom stereocenters. The molecule has 2 rings (SSSR count). The van der Waals surface area contributed by atoms with E-state index in [9.17, 15) is 4.79 Å². The van der Waals surface area contributed by atoms with Gasteiger partial charge in [0.2, 0.25) is 5.91 Å². The highest BCUT2D eigenvalue weighted by atomic mass is 35.5. The quantitative estimate of drug-likeness (QED) is 0.779. The largest absolute Gasteiger partial charge is 0.355 e. The Bertz CT molecular complexity index is 383. The van der Waals surface area contributed by atoms with Crippen molar-refractivity contribution in [3.63, 3.8) is 0 Å². The fraction of sp³-hybridized carbons (Fsp3) is 0.417. The van der Waals surface area contributed by atoms with E-state index in [1.165, 1.54) is 5.56 Å². The lowest BCUT2D eigenvalue weighted by atomic mass is 9.77. The normalized spacial score (nSPS) is 23.9. The number of rotatable bonds is 1. The topological polar surface area (TPSA) is 29.1 Å². The van der Waals surface area contributed by atoms with E-state index in [4.69, 9.17) is 11.6 Å². The van der Waals surface area contributed by atoms with Gasteiger partial charge >= 0.3 is 0 Å². The standard InChI is InChI=1S/C12H14ClNO/c1-12(2)10(7-14-11(12)15)8-3-5-9(13)6-4-8/h3-6,10H,7H2,1-2H3,(H,14,15). The molecular weight excluding hydrogens is 210 g/mol. The summed E-state index contributed by atoms with van der Waals surface area (Å²) in [4.78, 5) is 11.6. The predicted molar refractivity (Wildman–Crippen MR) is 61.0 cm³/mol. The number of amides is 1. The number of nitrogens with one attached hydrogen (secondary N) is 1. The molecular formula is C12H14ClNO. The van der Waals surface area contributed by atoms with E-state index in [-0.39, 0.29) is 17.2 Å². The summed E-state index contributed by atoms with van der Waals surface area (Å²) in [5, 5.41) is 3.63. The first kappa shape index (κ1) is 10.5. The second-order valence-electron chi connectivity index (χ2n) is 4.54. The minimum Gasteiger partial charge on any atom is -0.355 e. The molecule has 1 fully saturated rings. The van der Waals surface area contributed by atoms with Gasteiger partial charge in [-0.05, 0) is 17.7 Å². The third kappa shape index (κ3) is 1.74. The molecule has 1 heterocycles. The summed E-state index contributed by atoms with van der Waals surface area (Å²) < 4.78 is 0. The van der Waals surface area contributed by atoms with Crippen molar-refractivity contribution in [1.29, 1.82) is 0 Å². The van der Waals surface area contributed by atoms with Crippen molar-refractivity contribution >= 4 is 17.5 Å². The SMILES string of the molecule is CC1(C)C(=O)NCC1c1ccc(Cl)cc1. The number of carbonyl (C=O) groups excluding carboxylic acids is 1. The van der Waals surface area contributed by atoms with E-state index in [1.54, 1.807) is 0 Å². The van der Waals surface area contributed by atoms with Crippen LogP contribution in [0.15, 0.2) is 24.3 Å². The van der Waals surface area contributed by atoms with Gasteiger partial charge in [0, 0.05) is 17.5 Å². The maximum absolute atomic E-state index is 11.6. The molecule has 15 heavy (non-hydrogen) atoms. The minimum absolute atomic E-state index is 0.127. The molecule has 1 aliphatic heterocycles. The summed E-state index contributed by atoms with van der Waals surface area (Å²) >= 11 is 5.84. The monoisotopic (exact) mass is 223 g/mol. The molecule has 3 heteroatoms. The highest BCUT2D eigenvalue weighted by Crippen LogP contribution is 2.39. The van der Waals surface area contributed by atoms with Crippen LogP contribution >= 0.6 is 11.6 Å². The van der Waals surface area contributed by atoms with E-state index in [2.05, 4.69) is 5.32 Å². The highest BCUT2D eigenvalue weighted by molar-refractivity contribution is 6.30. The Balaban J connectivity index is 2.32. The summed E-state index contributed by atoms with van der Waals surface area (Å²) in [6, 6.07) is 7.73. The molecule has 1 atom stereocenters. The average molecular weight is 224 g/mol. The Hall–Kier alpha value is -1.02. The molecule has 1 aliphatic rings. The highest BCUT2D eigenvalue weighted by Gasteiger charge is 2.42. The molecule has 0 aliphatic carbocycles. The summed E-state index contributed by atoms with van der Waals surface area (Å²) in [6.45, 7) is 4.68. The summed E-state index contributed by atoms with van der Waals surface area (Å²) in [5.74, 6) is 0.365. The van der Waals surface area contributed by atoms with Crippen molar-refractivity contribution < 1.29 is 4.79 Å². The average Bonchev–Trinajstić information content (AvgIpc) is 2.44. The van der Waals surface area contributed by atoms with Gasteiger partial charge in [0.25, 0.3) is 0 Å². The zero-order valence-corrected chi connectivity index (χ0v) is 9.64. The Kier molecular flexibility index (Phi) is 2.47. The van der Waals surface area contributed by atoms with Gasteiger partial charge in [0.15, 0.2) is 0 Å². The van der Waals surface area contributed by atoms with E-state index < -0.39 is 0 Å². The minimum atomic E-state index is -0.326. The molecule has 1 N–H and O–H groups in total. The van der Waals surface area contributed by atoms with E-state index in [0.29, 0.717) is 6.54 Å². The number of benzene rings is 1. The van der Waals surface area contributed by atoms with Crippen molar-refractivity contribution in [3.8, 4) is 0 Å². The maximum Gasteiger partial charge on any atom is 0.226 e. The number of hydrogen-bond acceptors (Lipinski definition) is 1. The molecule has 0 bridgehead atoms. The second kappa shape index (κ2) is 3.53. The first-order valence-corrected chi connectivity index (χ1v) is 5.43. The van der Waals surface area contributed by atoms with Gasteiger partial charge < -0.3 is 5.32 Å². The van der Waals surface area contributed by atoms with E-state index >= 15 is 0 Å². The Labute approximate surface area is 94.6 Å². The Morgan fingerprint density at radius 3 is 2.40 bits per heavy atom. The van der Waals surface area contributed by atoms with Gasteiger partial charge in [0.05, 0.1) is 5.41 Å². The van der Waals surface area contributed by atoms with Crippen LogP contribution in [-0.2, 0) is 4.79 Å². The third-order valence-corrected chi connectivity index (χ3v) is 3.45. The molecule has 0 spiro atoms. The zero-order chi connectivity index (χ0) is 11.1. The van der Waals surface area contributed by atoms with Crippen molar-refractivity contribution in [2.75, 3.05) is 6.54 Å². The zero-order valence-electron chi connectivity index (χ0n) is 8.88. The molecule has 1 aromatic carbocycles. The van der Waals surface area contributed by atoms with Gasteiger partial charge in [-0.1, -0.05) is 37.6 Å².